The summed E-state index contributed by atoms with van der Waals surface area (Å²) in [4.78, 5) is 0. The van der Waals surface area contributed by atoms with Gasteiger partial charge in [0.05, 0.1) is 0 Å². The Morgan fingerprint density at radius 3 is 2.75 bits per heavy atom. The fourth-order valence-electron chi connectivity index (χ4n) is 1.70. The van der Waals surface area contributed by atoms with Crippen LogP contribution in [0.15, 0.2) is 30.6 Å². The molecule has 1 aromatic heterocycles. The fraction of sp³-hybridized carbons (Fsp3) is 0.467. The van der Waals surface area contributed by atoms with E-state index in [0.717, 1.165) is 18.1 Å². The van der Waals surface area contributed by atoms with E-state index < -0.39 is 0 Å². The first-order chi connectivity index (χ1) is 9.44. The van der Waals surface area contributed by atoms with E-state index in [9.17, 15) is 0 Å². The van der Waals surface area contributed by atoms with Crippen LogP contribution in [0.1, 0.15) is 32.2 Å². The molecule has 0 spiro atoms. The maximum absolute atomic E-state index is 5.75. The molecule has 0 fully saturated rings. The summed E-state index contributed by atoms with van der Waals surface area (Å²) in [6.07, 6.45) is 1.67. The van der Waals surface area contributed by atoms with Gasteiger partial charge in [0.1, 0.15) is 18.7 Å². The third-order valence-corrected chi connectivity index (χ3v) is 2.89. The highest BCUT2D eigenvalue weighted by Crippen LogP contribution is 2.15. The van der Waals surface area contributed by atoms with Crippen LogP contribution in [-0.2, 0) is 20.2 Å². The summed E-state index contributed by atoms with van der Waals surface area (Å²) in [6, 6.07) is 8.10. The number of aromatic nitrogens is 3. The van der Waals surface area contributed by atoms with E-state index in [2.05, 4.69) is 48.4 Å². The van der Waals surface area contributed by atoms with Crippen LogP contribution in [0.25, 0.3) is 0 Å². The predicted octanol–water partition coefficient (Wildman–Crippen LogP) is 2.28. The number of ether oxygens (including phenoxy) is 1. The first-order valence-corrected chi connectivity index (χ1v) is 6.74. The van der Waals surface area contributed by atoms with E-state index in [1.54, 1.807) is 6.33 Å². The summed E-state index contributed by atoms with van der Waals surface area (Å²) in [6.45, 7) is 7.71. The van der Waals surface area contributed by atoms with Crippen molar-refractivity contribution < 1.29 is 4.74 Å². The fourth-order valence-corrected chi connectivity index (χ4v) is 1.70. The van der Waals surface area contributed by atoms with Gasteiger partial charge >= 0.3 is 0 Å². The van der Waals surface area contributed by atoms with Gasteiger partial charge in [0.25, 0.3) is 0 Å². The molecule has 1 N–H and O–H groups in total. The molecule has 1 heterocycles. The third kappa shape index (κ3) is 4.35. The lowest BCUT2D eigenvalue weighted by molar-refractivity contribution is 0.290. The SMILES string of the molecule is Cn1cnnc1COc1cccc(CNC(C)(C)C)c1. The quantitative estimate of drug-likeness (QED) is 0.909. The van der Waals surface area contributed by atoms with Gasteiger partial charge in [0.15, 0.2) is 5.82 Å². The molecule has 0 radical (unpaired) electrons. The molecule has 0 unspecified atom stereocenters. The maximum Gasteiger partial charge on any atom is 0.170 e. The zero-order chi connectivity index (χ0) is 14.6. The predicted molar refractivity (Wildman–Crippen MR) is 78.4 cm³/mol. The van der Waals surface area contributed by atoms with E-state index in [1.165, 1.54) is 5.56 Å². The standard InChI is InChI=1S/C15H22N4O/c1-15(2,3)16-9-12-6-5-7-13(8-12)20-10-14-18-17-11-19(14)4/h5-8,11,16H,9-10H2,1-4H3. The van der Waals surface area contributed by atoms with Crippen LogP contribution in [0.3, 0.4) is 0 Å². The Bertz CT molecular complexity index is 557. The van der Waals surface area contributed by atoms with Crippen molar-refractivity contribution in [3.63, 3.8) is 0 Å². The Labute approximate surface area is 120 Å². The molecule has 5 nitrogen and oxygen atoms in total. The van der Waals surface area contributed by atoms with Crippen molar-refractivity contribution in [2.45, 2.75) is 39.5 Å². The smallest absolute Gasteiger partial charge is 0.170 e. The summed E-state index contributed by atoms with van der Waals surface area (Å²) in [7, 11) is 1.91. The van der Waals surface area contributed by atoms with Crippen molar-refractivity contribution in [3.8, 4) is 5.75 Å². The van der Waals surface area contributed by atoms with Crippen molar-refractivity contribution in [2.24, 2.45) is 7.05 Å². The van der Waals surface area contributed by atoms with Crippen LogP contribution >= 0.6 is 0 Å². The average molecular weight is 274 g/mol. The summed E-state index contributed by atoms with van der Waals surface area (Å²) >= 11 is 0. The van der Waals surface area contributed by atoms with E-state index in [0.29, 0.717) is 6.61 Å². The Morgan fingerprint density at radius 2 is 2.10 bits per heavy atom. The van der Waals surface area contributed by atoms with Gasteiger partial charge < -0.3 is 14.6 Å². The largest absolute Gasteiger partial charge is 0.486 e. The third-order valence-electron chi connectivity index (χ3n) is 2.89. The molecule has 0 bridgehead atoms. The van der Waals surface area contributed by atoms with Gasteiger partial charge in [-0.3, -0.25) is 0 Å². The first kappa shape index (κ1) is 14.5. The van der Waals surface area contributed by atoms with Crippen LogP contribution in [0.4, 0.5) is 0 Å². The van der Waals surface area contributed by atoms with Crippen LogP contribution in [0, 0.1) is 0 Å². The van der Waals surface area contributed by atoms with Gasteiger partial charge in [-0.2, -0.15) is 0 Å². The molecule has 0 saturated carbocycles. The number of nitrogens with one attached hydrogen (secondary N) is 1. The van der Waals surface area contributed by atoms with E-state index in [1.807, 2.05) is 23.7 Å². The second kappa shape index (κ2) is 6.05. The monoisotopic (exact) mass is 274 g/mol. The zero-order valence-electron chi connectivity index (χ0n) is 12.6. The Balaban J connectivity index is 1.94. The first-order valence-electron chi connectivity index (χ1n) is 6.74. The van der Waals surface area contributed by atoms with Gasteiger partial charge in [-0.15, -0.1) is 10.2 Å². The molecule has 108 valence electrons. The highest BCUT2D eigenvalue weighted by atomic mass is 16.5. The van der Waals surface area contributed by atoms with Crippen molar-refractivity contribution in [3.05, 3.63) is 42.0 Å². The van der Waals surface area contributed by atoms with Gasteiger partial charge in [0, 0.05) is 19.1 Å². The minimum atomic E-state index is 0.107. The normalized spacial score (nSPS) is 11.6. The molecular weight excluding hydrogens is 252 g/mol. The van der Waals surface area contributed by atoms with Gasteiger partial charge in [-0.1, -0.05) is 12.1 Å². The van der Waals surface area contributed by atoms with Crippen LogP contribution in [-0.4, -0.2) is 20.3 Å². The molecule has 1 aromatic carbocycles. The van der Waals surface area contributed by atoms with Gasteiger partial charge in [0.2, 0.25) is 0 Å². The molecule has 2 rings (SSSR count). The molecule has 0 aliphatic heterocycles. The molecule has 2 aromatic rings. The highest BCUT2D eigenvalue weighted by Gasteiger charge is 2.08. The molecule has 0 aliphatic carbocycles. The second-order valence-electron chi connectivity index (χ2n) is 5.90. The Morgan fingerprint density at radius 1 is 1.30 bits per heavy atom. The minimum Gasteiger partial charge on any atom is -0.486 e. The lowest BCUT2D eigenvalue weighted by atomic mass is 10.1. The highest BCUT2D eigenvalue weighted by molar-refractivity contribution is 5.28. The lowest BCUT2D eigenvalue weighted by Gasteiger charge is -2.20. The summed E-state index contributed by atoms with van der Waals surface area (Å²) < 4.78 is 7.60. The van der Waals surface area contributed by atoms with Crippen molar-refractivity contribution in [2.75, 3.05) is 0 Å². The number of nitrogens with zero attached hydrogens (tertiary/aromatic N) is 3. The van der Waals surface area contributed by atoms with Crippen molar-refractivity contribution in [1.29, 1.82) is 0 Å². The molecule has 0 amide bonds. The number of benzene rings is 1. The topological polar surface area (TPSA) is 52.0 Å². The second-order valence-corrected chi connectivity index (χ2v) is 5.90. The summed E-state index contributed by atoms with van der Waals surface area (Å²) in [5.74, 6) is 1.66. The van der Waals surface area contributed by atoms with E-state index >= 15 is 0 Å². The Hall–Kier alpha value is -1.88. The lowest BCUT2D eigenvalue weighted by Crippen LogP contribution is -2.35. The number of hydrogen-bond donors (Lipinski definition) is 1. The van der Waals surface area contributed by atoms with Crippen molar-refractivity contribution in [1.82, 2.24) is 20.1 Å². The van der Waals surface area contributed by atoms with Crippen LogP contribution in [0.5, 0.6) is 5.75 Å². The van der Waals surface area contributed by atoms with E-state index in [-0.39, 0.29) is 5.54 Å². The molecular formula is C15H22N4O. The number of rotatable bonds is 5. The number of hydrogen-bond acceptors (Lipinski definition) is 4. The van der Waals surface area contributed by atoms with Crippen LogP contribution < -0.4 is 10.1 Å². The molecule has 20 heavy (non-hydrogen) atoms. The molecule has 5 heteroatoms. The molecule has 0 saturated heterocycles. The number of aryl methyl sites for hydroxylation is 1. The summed E-state index contributed by atoms with van der Waals surface area (Å²) in [5, 5.41) is 11.3. The molecule has 0 aliphatic rings. The average Bonchev–Trinajstić information content (AvgIpc) is 2.79. The minimum absolute atomic E-state index is 0.107. The van der Waals surface area contributed by atoms with Gasteiger partial charge in [-0.05, 0) is 38.5 Å². The van der Waals surface area contributed by atoms with E-state index in [4.69, 9.17) is 4.74 Å². The summed E-state index contributed by atoms with van der Waals surface area (Å²) in [5.41, 5.74) is 1.31. The van der Waals surface area contributed by atoms with Gasteiger partial charge in [-0.25, -0.2) is 0 Å². The Kier molecular flexibility index (Phi) is 4.39. The maximum atomic E-state index is 5.75. The van der Waals surface area contributed by atoms with Crippen LogP contribution in [0.2, 0.25) is 0 Å². The molecule has 0 atom stereocenters. The van der Waals surface area contributed by atoms with Crippen molar-refractivity contribution >= 4 is 0 Å². The zero-order valence-corrected chi connectivity index (χ0v) is 12.6.